The first-order chi connectivity index (χ1) is 9.90. The van der Waals surface area contributed by atoms with Crippen LogP contribution in [-0.2, 0) is 0 Å². The van der Waals surface area contributed by atoms with Gasteiger partial charge in [-0.25, -0.2) is 0 Å². The van der Waals surface area contributed by atoms with Crippen molar-refractivity contribution < 1.29 is 0 Å². The molecule has 2 heteroatoms. The summed E-state index contributed by atoms with van der Waals surface area (Å²) in [4.78, 5) is 2.55. The van der Waals surface area contributed by atoms with Crippen LogP contribution >= 0.6 is 0 Å². The highest BCUT2D eigenvalue weighted by atomic mass is 15.1. The van der Waals surface area contributed by atoms with E-state index < -0.39 is 0 Å². The van der Waals surface area contributed by atoms with Crippen LogP contribution in [0.1, 0.15) is 58.1 Å². The Morgan fingerprint density at radius 3 is 2.29 bits per heavy atom. The lowest BCUT2D eigenvalue weighted by Gasteiger charge is -2.40. The van der Waals surface area contributed by atoms with Crippen LogP contribution in [0, 0.1) is 11.3 Å². The molecule has 1 unspecified atom stereocenters. The second-order valence-corrected chi connectivity index (χ2v) is 7.71. The molecule has 21 heavy (non-hydrogen) atoms. The van der Waals surface area contributed by atoms with Gasteiger partial charge in [0, 0.05) is 18.6 Å². The molecule has 0 radical (unpaired) electrons. The molecule has 2 N–H and O–H groups in total. The Kier molecular flexibility index (Phi) is 5.45. The topological polar surface area (TPSA) is 29.3 Å². The van der Waals surface area contributed by atoms with Crippen LogP contribution in [0.15, 0.2) is 30.3 Å². The number of hydrogen-bond acceptors (Lipinski definition) is 2. The Morgan fingerprint density at radius 2 is 1.71 bits per heavy atom. The van der Waals surface area contributed by atoms with Crippen LogP contribution < -0.4 is 5.73 Å². The molecule has 2 nitrogen and oxygen atoms in total. The van der Waals surface area contributed by atoms with E-state index in [9.17, 15) is 0 Å². The zero-order chi connectivity index (χ0) is 15.5. The molecule has 0 amide bonds. The fourth-order valence-electron chi connectivity index (χ4n) is 3.67. The number of benzene rings is 1. The first-order valence-corrected chi connectivity index (χ1v) is 8.41. The van der Waals surface area contributed by atoms with E-state index in [2.05, 4.69) is 63.1 Å². The Hall–Kier alpha value is -0.860. The van der Waals surface area contributed by atoms with E-state index in [4.69, 9.17) is 5.73 Å². The van der Waals surface area contributed by atoms with Gasteiger partial charge < -0.3 is 10.6 Å². The van der Waals surface area contributed by atoms with Gasteiger partial charge in [0.2, 0.25) is 0 Å². The van der Waals surface area contributed by atoms with E-state index in [0.717, 1.165) is 18.5 Å². The molecule has 1 aliphatic rings. The fraction of sp³-hybridized carbons (Fsp3) is 0.684. The van der Waals surface area contributed by atoms with Gasteiger partial charge in [-0.05, 0) is 49.6 Å². The van der Waals surface area contributed by atoms with Crippen LogP contribution in [0.3, 0.4) is 0 Å². The third-order valence-electron chi connectivity index (χ3n) is 5.27. The van der Waals surface area contributed by atoms with Gasteiger partial charge in [0.15, 0.2) is 0 Å². The van der Waals surface area contributed by atoms with Crippen LogP contribution in [0.25, 0.3) is 0 Å². The van der Waals surface area contributed by atoms with Gasteiger partial charge in [0.05, 0.1) is 0 Å². The average Bonchev–Trinajstić information content (AvgIpc) is 2.47. The van der Waals surface area contributed by atoms with Gasteiger partial charge in [-0.1, -0.05) is 51.1 Å². The normalized spacial score (nSPS) is 25.0. The quantitative estimate of drug-likeness (QED) is 0.879. The van der Waals surface area contributed by atoms with Gasteiger partial charge in [0.1, 0.15) is 0 Å². The first kappa shape index (κ1) is 16.5. The lowest BCUT2D eigenvalue weighted by atomic mass is 9.79. The summed E-state index contributed by atoms with van der Waals surface area (Å²) in [6.07, 6.45) is 5.43. The molecule has 1 aromatic rings. The van der Waals surface area contributed by atoms with Crippen LogP contribution in [-0.4, -0.2) is 24.5 Å². The summed E-state index contributed by atoms with van der Waals surface area (Å²) in [6.45, 7) is 8.03. The number of nitrogens with zero attached hydrogens (tertiary/aromatic N) is 1. The maximum absolute atomic E-state index is 6.55. The van der Waals surface area contributed by atoms with Crippen molar-refractivity contribution in [2.45, 2.75) is 58.5 Å². The highest BCUT2D eigenvalue weighted by Gasteiger charge is 2.32. The van der Waals surface area contributed by atoms with Gasteiger partial charge in [-0.15, -0.1) is 0 Å². The van der Waals surface area contributed by atoms with Crippen molar-refractivity contribution in [3.05, 3.63) is 35.9 Å². The first-order valence-electron chi connectivity index (χ1n) is 8.41. The second kappa shape index (κ2) is 6.93. The van der Waals surface area contributed by atoms with Crippen molar-refractivity contribution in [1.29, 1.82) is 0 Å². The molecule has 0 spiro atoms. The summed E-state index contributed by atoms with van der Waals surface area (Å²) in [5.41, 5.74) is 7.87. The third kappa shape index (κ3) is 4.31. The standard InChI is InChI=1S/C19H32N2/c1-15-10-12-17(13-11-15)21(4)14-19(2,3)18(20)16-8-6-5-7-9-16/h5-9,15,17-18H,10-14,20H2,1-4H3. The largest absolute Gasteiger partial charge is 0.323 e. The fourth-order valence-corrected chi connectivity index (χ4v) is 3.67. The molecule has 2 rings (SSSR count). The molecular formula is C19H32N2. The summed E-state index contributed by atoms with van der Waals surface area (Å²) >= 11 is 0. The van der Waals surface area contributed by atoms with E-state index in [1.165, 1.54) is 31.2 Å². The molecule has 0 aliphatic heterocycles. The molecule has 1 aliphatic carbocycles. The third-order valence-corrected chi connectivity index (χ3v) is 5.27. The maximum Gasteiger partial charge on any atom is 0.0359 e. The molecule has 1 saturated carbocycles. The molecule has 1 aromatic carbocycles. The van der Waals surface area contributed by atoms with E-state index in [0.29, 0.717) is 0 Å². The summed E-state index contributed by atoms with van der Waals surface area (Å²) in [5.74, 6) is 0.911. The smallest absolute Gasteiger partial charge is 0.0359 e. The molecule has 0 aromatic heterocycles. The van der Waals surface area contributed by atoms with Crippen molar-refractivity contribution in [3.63, 3.8) is 0 Å². The monoisotopic (exact) mass is 288 g/mol. The van der Waals surface area contributed by atoms with Crippen LogP contribution in [0.2, 0.25) is 0 Å². The predicted octanol–water partition coefficient (Wildman–Crippen LogP) is 4.22. The van der Waals surface area contributed by atoms with Gasteiger partial charge in [0.25, 0.3) is 0 Å². The average molecular weight is 288 g/mol. The predicted molar refractivity (Wildman–Crippen MR) is 91.2 cm³/mol. The summed E-state index contributed by atoms with van der Waals surface area (Å²) in [5, 5.41) is 0. The van der Waals surface area contributed by atoms with Crippen molar-refractivity contribution in [2.24, 2.45) is 17.1 Å². The lowest BCUT2D eigenvalue weighted by Crippen LogP contribution is -2.44. The van der Waals surface area contributed by atoms with Crippen molar-refractivity contribution in [1.82, 2.24) is 4.90 Å². The van der Waals surface area contributed by atoms with Crippen LogP contribution in [0.4, 0.5) is 0 Å². The highest BCUT2D eigenvalue weighted by molar-refractivity contribution is 5.20. The van der Waals surface area contributed by atoms with E-state index >= 15 is 0 Å². The zero-order valence-electron chi connectivity index (χ0n) is 14.2. The zero-order valence-corrected chi connectivity index (χ0v) is 14.2. The summed E-state index contributed by atoms with van der Waals surface area (Å²) < 4.78 is 0. The molecule has 1 atom stereocenters. The van der Waals surface area contributed by atoms with Gasteiger partial charge >= 0.3 is 0 Å². The summed E-state index contributed by atoms with van der Waals surface area (Å²) in [7, 11) is 2.28. The van der Waals surface area contributed by atoms with E-state index in [1.54, 1.807) is 0 Å². The minimum Gasteiger partial charge on any atom is -0.323 e. The molecule has 118 valence electrons. The summed E-state index contributed by atoms with van der Waals surface area (Å²) in [6, 6.07) is 11.3. The van der Waals surface area contributed by atoms with Crippen molar-refractivity contribution in [2.75, 3.05) is 13.6 Å². The molecule has 0 saturated heterocycles. The maximum atomic E-state index is 6.55. The SMILES string of the molecule is CC1CCC(N(C)CC(C)(C)C(N)c2ccccc2)CC1. The Bertz CT molecular complexity index is 418. The van der Waals surface area contributed by atoms with E-state index in [1.807, 2.05) is 0 Å². The number of hydrogen-bond donors (Lipinski definition) is 1. The Balaban J connectivity index is 1.96. The lowest BCUT2D eigenvalue weighted by molar-refractivity contribution is 0.106. The van der Waals surface area contributed by atoms with Gasteiger partial charge in [-0.2, -0.15) is 0 Å². The Morgan fingerprint density at radius 1 is 1.14 bits per heavy atom. The van der Waals surface area contributed by atoms with Crippen molar-refractivity contribution >= 4 is 0 Å². The minimum atomic E-state index is 0.0825. The highest BCUT2D eigenvalue weighted by Crippen LogP contribution is 2.34. The minimum absolute atomic E-state index is 0.0825. The van der Waals surface area contributed by atoms with Crippen LogP contribution in [0.5, 0.6) is 0 Å². The molecule has 0 heterocycles. The molecule has 1 fully saturated rings. The van der Waals surface area contributed by atoms with Gasteiger partial charge in [-0.3, -0.25) is 0 Å². The van der Waals surface area contributed by atoms with E-state index in [-0.39, 0.29) is 11.5 Å². The van der Waals surface area contributed by atoms with Crippen molar-refractivity contribution in [3.8, 4) is 0 Å². The molecular weight excluding hydrogens is 256 g/mol. The number of rotatable bonds is 5. The molecule has 0 bridgehead atoms. The Labute approximate surface area is 130 Å². The second-order valence-electron chi connectivity index (χ2n) is 7.71. The number of nitrogens with two attached hydrogens (primary N) is 1.